The number of carbonyl (C=O) groups excluding carboxylic acids is 1. The molecule has 0 N–H and O–H groups in total. The fourth-order valence-electron chi connectivity index (χ4n) is 3.47. The van der Waals surface area contributed by atoms with Crippen molar-refractivity contribution in [2.24, 2.45) is 0 Å². The molecular weight excluding hydrogens is 268 g/mol. The van der Waals surface area contributed by atoms with Crippen LogP contribution in [0.5, 0.6) is 0 Å². The Kier molecular flexibility index (Phi) is 2.84. The van der Waals surface area contributed by atoms with E-state index in [4.69, 9.17) is 0 Å². The van der Waals surface area contributed by atoms with Gasteiger partial charge in [0.1, 0.15) is 0 Å². The lowest BCUT2D eigenvalue weighted by molar-refractivity contribution is 0.103. The van der Waals surface area contributed by atoms with Crippen molar-refractivity contribution in [3.8, 4) is 0 Å². The molecule has 2 aromatic rings. The van der Waals surface area contributed by atoms with E-state index in [1.165, 1.54) is 36.8 Å². The summed E-state index contributed by atoms with van der Waals surface area (Å²) in [5, 5.41) is 0. The SMILES string of the molecule is CC1(c2ccccc2C(=O)c2ccccc2C2(C)CC2)CC1. The minimum Gasteiger partial charge on any atom is -0.289 e. The maximum Gasteiger partial charge on any atom is 0.193 e. The summed E-state index contributed by atoms with van der Waals surface area (Å²) < 4.78 is 0. The Morgan fingerprint density at radius 3 is 1.45 bits per heavy atom. The van der Waals surface area contributed by atoms with Gasteiger partial charge in [0.25, 0.3) is 0 Å². The second-order valence-corrected chi connectivity index (χ2v) is 7.54. The number of hydrogen-bond acceptors (Lipinski definition) is 1. The summed E-state index contributed by atoms with van der Waals surface area (Å²) in [7, 11) is 0. The number of ketones is 1. The molecule has 0 heterocycles. The molecule has 0 atom stereocenters. The molecule has 0 aliphatic heterocycles. The molecule has 22 heavy (non-hydrogen) atoms. The summed E-state index contributed by atoms with van der Waals surface area (Å²) in [5.41, 5.74) is 4.69. The molecule has 1 heteroatoms. The average Bonchev–Trinajstić information content (AvgIpc) is 3.47. The van der Waals surface area contributed by atoms with Crippen molar-refractivity contribution in [1.82, 2.24) is 0 Å². The van der Waals surface area contributed by atoms with Crippen LogP contribution in [0, 0.1) is 0 Å². The Morgan fingerprint density at radius 2 is 1.09 bits per heavy atom. The monoisotopic (exact) mass is 290 g/mol. The molecule has 2 saturated carbocycles. The Balaban J connectivity index is 1.81. The molecule has 1 nitrogen and oxygen atoms in total. The van der Waals surface area contributed by atoms with Crippen molar-refractivity contribution < 1.29 is 4.79 Å². The molecule has 2 aliphatic carbocycles. The summed E-state index contributed by atoms with van der Waals surface area (Å²) in [6, 6.07) is 16.4. The van der Waals surface area contributed by atoms with Gasteiger partial charge in [-0.1, -0.05) is 62.4 Å². The maximum absolute atomic E-state index is 13.2. The molecule has 0 amide bonds. The van der Waals surface area contributed by atoms with Gasteiger partial charge in [0.15, 0.2) is 5.78 Å². The predicted molar refractivity (Wildman–Crippen MR) is 89.5 cm³/mol. The van der Waals surface area contributed by atoms with E-state index in [1.54, 1.807) is 0 Å². The largest absolute Gasteiger partial charge is 0.289 e. The molecule has 0 spiro atoms. The average molecular weight is 290 g/mol. The fraction of sp³-hybridized carbons (Fsp3) is 0.381. The zero-order valence-electron chi connectivity index (χ0n) is 13.4. The normalized spacial score (nSPS) is 20.5. The highest BCUT2D eigenvalue weighted by atomic mass is 16.1. The first-order valence-electron chi connectivity index (χ1n) is 8.27. The summed E-state index contributed by atoms with van der Waals surface area (Å²) in [6.07, 6.45) is 4.76. The van der Waals surface area contributed by atoms with Gasteiger partial charge in [-0.15, -0.1) is 0 Å². The van der Waals surface area contributed by atoms with E-state index in [0.717, 1.165) is 11.1 Å². The van der Waals surface area contributed by atoms with Gasteiger partial charge in [-0.3, -0.25) is 4.79 Å². The Hall–Kier alpha value is -1.89. The van der Waals surface area contributed by atoms with E-state index in [-0.39, 0.29) is 16.6 Å². The van der Waals surface area contributed by atoms with Crippen LogP contribution in [0.15, 0.2) is 48.5 Å². The van der Waals surface area contributed by atoms with E-state index in [2.05, 4.69) is 38.1 Å². The summed E-state index contributed by atoms with van der Waals surface area (Å²) in [6.45, 7) is 4.54. The first-order valence-corrected chi connectivity index (χ1v) is 8.27. The molecule has 0 saturated heterocycles. The van der Waals surface area contributed by atoms with E-state index in [1.807, 2.05) is 24.3 Å². The smallest absolute Gasteiger partial charge is 0.193 e. The van der Waals surface area contributed by atoms with Crippen molar-refractivity contribution in [2.75, 3.05) is 0 Å². The highest BCUT2D eigenvalue weighted by Crippen LogP contribution is 2.51. The predicted octanol–water partition coefficient (Wildman–Crippen LogP) is 5.02. The number of carbonyl (C=O) groups is 1. The van der Waals surface area contributed by atoms with Crippen molar-refractivity contribution in [3.63, 3.8) is 0 Å². The highest BCUT2D eigenvalue weighted by molar-refractivity contribution is 6.11. The number of rotatable bonds is 4. The van der Waals surface area contributed by atoms with Gasteiger partial charge in [-0.05, 0) is 47.6 Å². The first kappa shape index (κ1) is 13.8. The van der Waals surface area contributed by atoms with Crippen molar-refractivity contribution in [3.05, 3.63) is 70.8 Å². The lowest BCUT2D eigenvalue weighted by Crippen LogP contribution is -2.15. The number of hydrogen-bond donors (Lipinski definition) is 0. The zero-order valence-corrected chi connectivity index (χ0v) is 13.4. The number of benzene rings is 2. The summed E-state index contributed by atoms with van der Waals surface area (Å²) >= 11 is 0. The van der Waals surface area contributed by atoms with Gasteiger partial charge < -0.3 is 0 Å². The second-order valence-electron chi connectivity index (χ2n) is 7.54. The van der Waals surface area contributed by atoms with Crippen molar-refractivity contribution in [1.29, 1.82) is 0 Å². The lowest BCUT2D eigenvalue weighted by Gasteiger charge is -2.18. The molecule has 112 valence electrons. The second kappa shape index (κ2) is 4.55. The van der Waals surface area contributed by atoms with Crippen LogP contribution in [0.2, 0.25) is 0 Å². The minimum atomic E-state index is 0.201. The molecule has 0 radical (unpaired) electrons. The van der Waals surface area contributed by atoms with Crippen LogP contribution in [0.25, 0.3) is 0 Å². The Labute approximate surface area is 132 Å². The minimum absolute atomic E-state index is 0.201. The van der Waals surface area contributed by atoms with Crippen molar-refractivity contribution >= 4 is 5.78 Å². The molecule has 2 fully saturated rings. The summed E-state index contributed by atoms with van der Waals surface area (Å²) in [4.78, 5) is 13.2. The molecule has 4 rings (SSSR count). The van der Waals surface area contributed by atoms with Crippen LogP contribution in [0.3, 0.4) is 0 Å². The van der Waals surface area contributed by atoms with E-state index >= 15 is 0 Å². The fourth-order valence-corrected chi connectivity index (χ4v) is 3.47. The Morgan fingerprint density at radius 1 is 0.727 bits per heavy atom. The molecule has 0 bridgehead atoms. The molecular formula is C21H22O. The van der Waals surface area contributed by atoms with E-state index in [9.17, 15) is 4.79 Å². The maximum atomic E-state index is 13.2. The first-order chi connectivity index (χ1) is 10.5. The van der Waals surface area contributed by atoms with Gasteiger partial charge in [0.2, 0.25) is 0 Å². The quantitative estimate of drug-likeness (QED) is 0.722. The molecule has 0 unspecified atom stereocenters. The van der Waals surface area contributed by atoms with E-state index < -0.39 is 0 Å². The van der Waals surface area contributed by atoms with E-state index in [0.29, 0.717) is 0 Å². The third kappa shape index (κ3) is 2.11. The van der Waals surface area contributed by atoms with Gasteiger partial charge >= 0.3 is 0 Å². The van der Waals surface area contributed by atoms with Crippen LogP contribution in [0.1, 0.15) is 66.6 Å². The van der Waals surface area contributed by atoms with Crippen LogP contribution in [0.4, 0.5) is 0 Å². The van der Waals surface area contributed by atoms with Crippen molar-refractivity contribution in [2.45, 2.75) is 50.4 Å². The van der Waals surface area contributed by atoms with Crippen LogP contribution < -0.4 is 0 Å². The van der Waals surface area contributed by atoms with Gasteiger partial charge in [0, 0.05) is 11.1 Å². The van der Waals surface area contributed by atoms with Gasteiger partial charge in [-0.25, -0.2) is 0 Å². The van der Waals surface area contributed by atoms with Gasteiger partial charge in [-0.2, -0.15) is 0 Å². The topological polar surface area (TPSA) is 17.1 Å². The van der Waals surface area contributed by atoms with Gasteiger partial charge in [0.05, 0.1) is 0 Å². The van der Waals surface area contributed by atoms with Crippen LogP contribution in [-0.4, -0.2) is 5.78 Å². The molecule has 0 aromatic heterocycles. The third-order valence-corrected chi connectivity index (χ3v) is 5.64. The Bertz CT molecular complexity index is 685. The van der Waals surface area contributed by atoms with Crippen LogP contribution in [-0.2, 0) is 10.8 Å². The standard InChI is InChI=1S/C21H22O/c1-20(11-12-20)17-9-5-3-7-15(17)19(22)16-8-4-6-10-18(16)21(2)13-14-21/h3-10H,11-14H2,1-2H3. The lowest BCUT2D eigenvalue weighted by atomic mass is 9.85. The zero-order chi connectivity index (χ0) is 15.4. The highest BCUT2D eigenvalue weighted by Gasteiger charge is 2.43. The summed E-state index contributed by atoms with van der Waals surface area (Å²) in [5.74, 6) is 0.201. The third-order valence-electron chi connectivity index (χ3n) is 5.64. The molecule has 2 aliphatic rings. The molecule has 2 aromatic carbocycles. The van der Waals surface area contributed by atoms with Crippen LogP contribution >= 0.6 is 0 Å².